The molecule has 1 aromatic rings. The quantitative estimate of drug-likeness (QED) is 0.859. The maximum absolute atomic E-state index is 13.9. The van der Waals surface area contributed by atoms with Crippen LogP contribution in [0.15, 0.2) is 16.6 Å². The van der Waals surface area contributed by atoms with Gasteiger partial charge in [0, 0.05) is 23.9 Å². The van der Waals surface area contributed by atoms with Gasteiger partial charge in [-0.05, 0) is 40.9 Å². The zero-order valence-corrected chi connectivity index (χ0v) is 12.1. The van der Waals surface area contributed by atoms with Crippen molar-refractivity contribution in [2.75, 3.05) is 6.54 Å². The summed E-state index contributed by atoms with van der Waals surface area (Å²) < 4.78 is 27.7. The highest BCUT2D eigenvalue weighted by Gasteiger charge is 2.39. The molecular formula is C14H16BrF2NO. The first-order valence-electron chi connectivity index (χ1n) is 6.36. The Balaban J connectivity index is 2.26. The van der Waals surface area contributed by atoms with Gasteiger partial charge in [0.1, 0.15) is 17.4 Å². The zero-order valence-electron chi connectivity index (χ0n) is 10.5. The normalized spacial score (nSPS) is 17.7. The van der Waals surface area contributed by atoms with E-state index in [1.54, 1.807) is 0 Å². The molecule has 5 heteroatoms. The number of carbonyl (C=O) groups excluding carboxylic acids is 1. The summed E-state index contributed by atoms with van der Waals surface area (Å²) in [5, 5.41) is 0. The largest absolute Gasteiger partial charge is 0.329 e. The highest BCUT2D eigenvalue weighted by Crippen LogP contribution is 2.39. The smallest absolute Gasteiger partial charge is 0.144 e. The number of carbonyl (C=O) groups is 1. The number of rotatable bonds is 4. The lowest BCUT2D eigenvalue weighted by Gasteiger charge is -2.25. The molecule has 19 heavy (non-hydrogen) atoms. The van der Waals surface area contributed by atoms with Gasteiger partial charge in [0.05, 0.1) is 4.47 Å². The minimum atomic E-state index is -0.696. The van der Waals surface area contributed by atoms with Crippen molar-refractivity contribution >= 4 is 21.7 Å². The lowest BCUT2D eigenvalue weighted by Crippen LogP contribution is -2.37. The molecule has 0 aromatic heterocycles. The van der Waals surface area contributed by atoms with E-state index in [4.69, 9.17) is 5.73 Å². The van der Waals surface area contributed by atoms with Crippen LogP contribution in [-0.2, 0) is 11.2 Å². The van der Waals surface area contributed by atoms with Crippen molar-refractivity contribution < 1.29 is 13.6 Å². The van der Waals surface area contributed by atoms with Gasteiger partial charge in [-0.1, -0.05) is 12.8 Å². The molecular weight excluding hydrogens is 316 g/mol. The van der Waals surface area contributed by atoms with Crippen molar-refractivity contribution in [2.24, 2.45) is 11.1 Å². The standard InChI is InChI=1S/C14H16BrF2NO/c15-10-3-4-11(16)9(13(10)17)7-12(19)14(8-18)5-1-2-6-14/h3-4H,1-2,5-8,18H2. The number of ketones is 1. The summed E-state index contributed by atoms with van der Waals surface area (Å²) in [6, 6.07) is 2.46. The first-order valence-corrected chi connectivity index (χ1v) is 7.15. The van der Waals surface area contributed by atoms with E-state index >= 15 is 0 Å². The second-order valence-corrected chi connectivity index (χ2v) is 5.97. The predicted molar refractivity (Wildman–Crippen MR) is 72.7 cm³/mol. The fourth-order valence-corrected chi connectivity index (χ4v) is 3.10. The Bertz CT molecular complexity index is 498. The number of Topliss-reactive ketones (excluding diaryl/α,β-unsaturated/α-hetero) is 1. The Morgan fingerprint density at radius 2 is 1.95 bits per heavy atom. The van der Waals surface area contributed by atoms with Crippen LogP contribution in [0.3, 0.4) is 0 Å². The maximum atomic E-state index is 13.9. The summed E-state index contributed by atoms with van der Waals surface area (Å²) >= 11 is 3.01. The third-order valence-electron chi connectivity index (χ3n) is 4.02. The van der Waals surface area contributed by atoms with Crippen LogP contribution in [-0.4, -0.2) is 12.3 Å². The first-order chi connectivity index (χ1) is 9.00. The molecule has 1 aliphatic carbocycles. The van der Waals surface area contributed by atoms with Gasteiger partial charge in [-0.15, -0.1) is 0 Å². The molecule has 2 rings (SSSR count). The Hall–Kier alpha value is -0.810. The molecule has 2 nitrogen and oxygen atoms in total. The highest BCUT2D eigenvalue weighted by molar-refractivity contribution is 9.10. The fraction of sp³-hybridized carbons (Fsp3) is 0.500. The van der Waals surface area contributed by atoms with E-state index in [-0.39, 0.29) is 28.8 Å². The Labute approximate surface area is 119 Å². The van der Waals surface area contributed by atoms with Gasteiger partial charge in [-0.25, -0.2) is 8.78 Å². The molecule has 0 bridgehead atoms. The average molecular weight is 332 g/mol. The molecule has 1 saturated carbocycles. The van der Waals surface area contributed by atoms with Gasteiger partial charge in [-0.2, -0.15) is 0 Å². The van der Waals surface area contributed by atoms with E-state index in [2.05, 4.69) is 15.9 Å². The Morgan fingerprint density at radius 1 is 1.32 bits per heavy atom. The van der Waals surface area contributed by atoms with Crippen LogP contribution in [0, 0.1) is 17.0 Å². The molecule has 0 aliphatic heterocycles. The van der Waals surface area contributed by atoms with Crippen molar-refractivity contribution in [2.45, 2.75) is 32.1 Å². The molecule has 1 aromatic carbocycles. The summed E-state index contributed by atoms with van der Waals surface area (Å²) in [5.74, 6) is -1.53. The van der Waals surface area contributed by atoms with Crippen LogP contribution in [0.1, 0.15) is 31.2 Å². The van der Waals surface area contributed by atoms with Crippen LogP contribution in [0.25, 0.3) is 0 Å². The Kier molecular flexibility index (Phi) is 4.36. The zero-order chi connectivity index (χ0) is 14.0. The summed E-state index contributed by atoms with van der Waals surface area (Å²) in [6.45, 7) is 0.253. The van der Waals surface area contributed by atoms with E-state index in [9.17, 15) is 13.6 Å². The van der Waals surface area contributed by atoms with Gasteiger partial charge < -0.3 is 5.73 Å². The van der Waals surface area contributed by atoms with Crippen molar-refractivity contribution in [1.29, 1.82) is 0 Å². The van der Waals surface area contributed by atoms with E-state index in [0.717, 1.165) is 25.7 Å². The molecule has 2 N–H and O–H groups in total. The number of hydrogen-bond acceptors (Lipinski definition) is 2. The molecule has 0 amide bonds. The van der Waals surface area contributed by atoms with Crippen molar-refractivity contribution in [3.63, 3.8) is 0 Å². The molecule has 0 saturated heterocycles. The molecule has 0 radical (unpaired) electrons. The average Bonchev–Trinajstić information content (AvgIpc) is 2.89. The summed E-state index contributed by atoms with van der Waals surface area (Å²) in [6.07, 6.45) is 3.12. The van der Waals surface area contributed by atoms with Crippen LogP contribution in [0.2, 0.25) is 0 Å². The highest BCUT2D eigenvalue weighted by atomic mass is 79.9. The fourth-order valence-electron chi connectivity index (χ4n) is 2.73. The van der Waals surface area contributed by atoms with Gasteiger partial charge in [0.15, 0.2) is 0 Å². The van der Waals surface area contributed by atoms with Gasteiger partial charge in [0.2, 0.25) is 0 Å². The van der Waals surface area contributed by atoms with E-state index < -0.39 is 17.0 Å². The summed E-state index contributed by atoms with van der Waals surface area (Å²) in [5.41, 5.74) is 4.96. The summed E-state index contributed by atoms with van der Waals surface area (Å²) in [4.78, 5) is 12.4. The van der Waals surface area contributed by atoms with Gasteiger partial charge in [-0.3, -0.25) is 4.79 Å². The first kappa shape index (κ1) is 14.6. The second kappa shape index (κ2) is 5.67. The van der Waals surface area contributed by atoms with E-state index in [1.807, 2.05) is 0 Å². The molecule has 0 atom stereocenters. The molecule has 0 unspecified atom stereocenters. The molecule has 1 aliphatic rings. The van der Waals surface area contributed by atoms with Crippen LogP contribution in [0.5, 0.6) is 0 Å². The van der Waals surface area contributed by atoms with Crippen molar-refractivity contribution in [3.8, 4) is 0 Å². The minimum Gasteiger partial charge on any atom is -0.329 e. The van der Waals surface area contributed by atoms with E-state index in [1.165, 1.54) is 12.1 Å². The lowest BCUT2D eigenvalue weighted by molar-refractivity contribution is -0.127. The number of halogens is 3. The minimum absolute atomic E-state index is 0.150. The van der Waals surface area contributed by atoms with Gasteiger partial charge in [0.25, 0.3) is 0 Å². The number of nitrogens with two attached hydrogens (primary N) is 1. The third-order valence-corrected chi connectivity index (χ3v) is 4.63. The molecule has 0 spiro atoms. The maximum Gasteiger partial charge on any atom is 0.144 e. The molecule has 0 heterocycles. The lowest BCUT2D eigenvalue weighted by atomic mass is 9.79. The number of benzene rings is 1. The third kappa shape index (κ3) is 2.72. The monoisotopic (exact) mass is 331 g/mol. The van der Waals surface area contributed by atoms with Crippen LogP contribution >= 0.6 is 15.9 Å². The van der Waals surface area contributed by atoms with Crippen molar-refractivity contribution in [3.05, 3.63) is 33.8 Å². The molecule has 104 valence electrons. The predicted octanol–water partition coefficient (Wildman–Crippen LogP) is 3.36. The van der Waals surface area contributed by atoms with Crippen LogP contribution < -0.4 is 5.73 Å². The SMILES string of the molecule is NCC1(C(=O)Cc2c(F)ccc(Br)c2F)CCCC1. The number of hydrogen-bond donors (Lipinski definition) is 1. The Morgan fingerprint density at radius 3 is 2.53 bits per heavy atom. The summed E-state index contributed by atoms with van der Waals surface area (Å²) in [7, 11) is 0. The van der Waals surface area contributed by atoms with Gasteiger partial charge >= 0.3 is 0 Å². The van der Waals surface area contributed by atoms with E-state index in [0.29, 0.717) is 0 Å². The topological polar surface area (TPSA) is 43.1 Å². The van der Waals surface area contributed by atoms with Crippen LogP contribution in [0.4, 0.5) is 8.78 Å². The second-order valence-electron chi connectivity index (χ2n) is 5.11. The van der Waals surface area contributed by atoms with Crippen molar-refractivity contribution in [1.82, 2.24) is 0 Å². The molecule has 1 fully saturated rings.